The molecule has 1 aromatic heterocycles. The van der Waals surface area contributed by atoms with Gasteiger partial charge in [-0.2, -0.15) is 5.10 Å². The lowest BCUT2D eigenvalue weighted by Crippen LogP contribution is -2.03. The fourth-order valence-electron chi connectivity index (χ4n) is 2.29. The van der Waals surface area contributed by atoms with Gasteiger partial charge in [-0.1, -0.05) is 23.9 Å². The van der Waals surface area contributed by atoms with Crippen LogP contribution < -0.4 is 0 Å². The number of carboxylic acid groups (broad SMARTS) is 1. The molecular formula is C17H10BrF3N2O2S. The third kappa shape index (κ3) is 3.63. The summed E-state index contributed by atoms with van der Waals surface area (Å²) < 4.78 is 42.8. The molecule has 26 heavy (non-hydrogen) atoms. The molecule has 2 aromatic carbocycles. The number of rotatable bonds is 5. The van der Waals surface area contributed by atoms with Crippen molar-refractivity contribution in [2.45, 2.75) is 5.03 Å². The van der Waals surface area contributed by atoms with E-state index in [1.165, 1.54) is 28.9 Å². The minimum absolute atomic E-state index is 0.0927. The van der Waals surface area contributed by atoms with Crippen molar-refractivity contribution in [2.24, 2.45) is 0 Å². The van der Waals surface area contributed by atoms with Gasteiger partial charge in [0, 0.05) is 5.56 Å². The molecule has 3 aromatic rings. The molecule has 3 rings (SSSR count). The summed E-state index contributed by atoms with van der Waals surface area (Å²) in [4.78, 5) is 10.8. The number of hydrogen-bond donors (Lipinski definition) is 1. The van der Waals surface area contributed by atoms with Crippen LogP contribution in [-0.2, 0) is 4.79 Å². The van der Waals surface area contributed by atoms with Crippen molar-refractivity contribution in [2.75, 3.05) is 5.75 Å². The first-order valence-electron chi connectivity index (χ1n) is 7.22. The molecule has 0 amide bonds. The van der Waals surface area contributed by atoms with Gasteiger partial charge < -0.3 is 5.11 Å². The van der Waals surface area contributed by atoms with E-state index in [9.17, 15) is 18.0 Å². The summed E-state index contributed by atoms with van der Waals surface area (Å²) in [5, 5.41) is 13.4. The number of para-hydroxylation sites is 1. The van der Waals surface area contributed by atoms with E-state index in [2.05, 4.69) is 21.0 Å². The SMILES string of the molecule is O=C(O)CSc1nn(-c2ccccc2F)c(-c2ccc(F)c(F)c2)c1Br. The molecule has 1 N–H and O–H groups in total. The highest BCUT2D eigenvalue weighted by molar-refractivity contribution is 9.10. The normalized spacial score (nSPS) is 10.9. The van der Waals surface area contributed by atoms with Crippen LogP contribution in [0.25, 0.3) is 16.9 Å². The van der Waals surface area contributed by atoms with Crippen LogP contribution in [0.4, 0.5) is 13.2 Å². The van der Waals surface area contributed by atoms with E-state index in [0.29, 0.717) is 4.47 Å². The van der Waals surface area contributed by atoms with E-state index in [1.807, 2.05) is 0 Å². The summed E-state index contributed by atoms with van der Waals surface area (Å²) in [6.07, 6.45) is 0. The fraction of sp³-hybridized carbons (Fsp3) is 0.0588. The van der Waals surface area contributed by atoms with Crippen LogP contribution in [0, 0.1) is 17.5 Å². The van der Waals surface area contributed by atoms with Gasteiger partial charge in [-0.15, -0.1) is 0 Å². The quantitative estimate of drug-likeness (QED) is 0.571. The molecule has 0 atom stereocenters. The first-order chi connectivity index (χ1) is 12.4. The van der Waals surface area contributed by atoms with Crippen LogP contribution in [0.1, 0.15) is 0 Å². The van der Waals surface area contributed by atoms with Crippen molar-refractivity contribution in [1.29, 1.82) is 0 Å². The van der Waals surface area contributed by atoms with Gasteiger partial charge in [0.05, 0.1) is 15.9 Å². The second-order valence-corrected chi connectivity index (χ2v) is 6.90. The first kappa shape index (κ1) is 18.5. The minimum Gasteiger partial charge on any atom is -0.481 e. The van der Waals surface area contributed by atoms with Gasteiger partial charge in [-0.25, -0.2) is 17.9 Å². The van der Waals surface area contributed by atoms with Crippen LogP contribution >= 0.6 is 27.7 Å². The first-order valence-corrected chi connectivity index (χ1v) is 8.99. The Bertz CT molecular complexity index is 994. The molecule has 0 saturated carbocycles. The van der Waals surface area contributed by atoms with Crippen LogP contribution in [-0.4, -0.2) is 26.6 Å². The lowest BCUT2D eigenvalue weighted by atomic mass is 10.1. The van der Waals surface area contributed by atoms with Gasteiger partial charge >= 0.3 is 5.97 Å². The van der Waals surface area contributed by atoms with Crippen molar-refractivity contribution in [1.82, 2.24) is 9.78 Å². The minimum atomic E-state index is -1.06. The van der Waals surface area contributed by atoms with E-state index >= 15 is 0 Å². The monoisotopic (exact) mass is 442 g/mol. The van der Waals surface area contributed by atoms with Crippen LogP contribution in [0.15, 0.2) is 52.0 Å². The largest absolute Gasteiger partial charge is 0.481 e. The van der Waals surface area contributed by atoms with Gasteiger partial charge in [-0.3, -0.25) is 4.79 Å². The van der Waals surface area contributed by atoms with Gasteiger partial charge in [0.2, 0.25) is 0 Å². The van der Waals surface area contributed by atoms with E-state index in [4.69, 9.17) is 5.11 Å². The molecule has 0 fully saturated rings. The van der Waals surface area contributed by atoms with E-state index in [1.54, 1.807) is 6.07 Å². The molecule has 0 aliphatic rings. The number of hydrogen-bond acceptors (Lipinski definition) is 3. The fourth-order valence-corrected chi connectivity index (χ4v) is 3.73. The van der Waals surface area contributed by atoms with Gasteiger partial charge in [0.1, 0.15) is 16.5 Å². The second-order valence-electron chi connectivity index (χ2n) is 5.14. The number of halogens is 4. The number of carboxylic acids is 1. The number of nitrogens with zero attached hydrogens (tertiary/aromatic N) is 2. The van der Waals surface area contributed by atoms with Gasteiger partial charge in [0.15, 0.2) is 11.6 Å². The number of thioether (sulfide) groups is 1. The maximum Gasteiger partial charge on any atom is 0.313 e. The Balaban J connectivity index is 2.21. The summed E-state index contributed by atoms with van der Waals surface area (Å²) in [5.41, 5.74) is 0.630. The van der Waals surface area contributed by atoms with Crippen LogP contribution in [0.3, 0.4) is 0 Å². The Morgan fingerprint density at radius 1 is 1.12 bits per heavy atom. The van der Waals surface area contributed by atoms with Crippen molar-refractivity contribution >= 4 is 33.7 Å². The predicted octanol–water partition coefficient (Wildman–Crippen LogP) is 4.90. The summed E-state index contributed by atoms with van der Waals surface area (Å²) in [6, 6.07) is 9.10. The third-order valence-corrected chi connectivity index (χ3v) is 5.37. The molecule has 0 saturated heterocycles. The molecular weight excluding hydrogens is 433 g/mol. The zero-order valence-electron chi connectivity index (χ0n) is 12.9. The number of aliphatic carboxylic acids is 1. The van der Waals surface area contributed by atoms with Crippen molar-refractivity contribution in [3.63, 3.8) is 0 Å². The third-order valence-electron chi connectivity index (χ3n) is 3.40. The summed E-state index contributed by atoms with van der Waals surface area (Å²) in [5.74, 6) is -3.94. The second kappa shape index (κ2) is 7.55. The molecule has 1 heterocycles. The average molecular weight is 443 g/mol. The highest BCUT2D eigenvalue weighted by Gasteiger charge is 2.22. The summed E-state index contributed by atoms with van der Waals surface area (Å²) in [6.45, 7) is 0. The zero-order valence-corrected chi connectivity index (χ0v) is 15.3. The lowest BCUT2D eigenvalue weighted by Gasteiger charge is -2.09. The Morgan fingerprint density at radius 3 is 2.50 bits per heavy atom. The molecule has 0 radical (unpaired) electrons. The number of aromatic nitrogens is 2. The molecule has 0 aliphatic carbocycles. The molecule has 9 heteroatoms. The highest BCUT2D eigenvalue weighted by Crippen LogP contribution is 2.38. The Labute approximate surface area is 158 Å². The van der Waals surface area contributed by atoms with Crippen molar-refractivity contribution in [3.05, 3.63) is 64.4 Å². The van der Waals surface area contributed by atoms with E-state index in [0.717, 1.165) is 23.9 Å². The van der Waals surface area contributed by atoms with E-state index in [-0.39, 0.29) is 27.7 Å². The van der Waals surface area contributed by atoms with Crippen molar-refractivity contribution in [3.8, 4) is 16.9 Å². The molecule has 0 spiro atoms. The average Bonchev–Trinajstić information content (AvgIpc) is 2.92. The maximum atomic E-state index is 14.3. The lowest BCUT2D eigenvalue weighted by molar-refractivity contribution is -0.133. The van der Waals surface area contributed by atoms with Crippen LogP contribution in [0.5, 0.6) is 0 Å². The number of carbonyl (C=O) groups is 1. The Hall–Kier alpha value is -2.26. The standard InChI is InChI=1S/C17H10BrF3N2O2S/c18-15-16(9-5-6-10(19)12(21)7-9)23(13-4-2-1-3-11(13)20)22-17(15)26-8-14(24)25/h1-7H,8H2,(H,24,25). The number of benzene rings is 2. The molecule has 4 nitrogen and oxygen atoms in total. The summed E-state index contributed by atoms with van der Waals surface area (Å²) in [7, 11) is 0. The topological polar surface area (TPSA) is 55.1 Å². The predicted molar refractivity (Wildman–Crippen MR) is 94.9 cm³/mol. The highest BCUT2D eigenvalue weighted by atomic mass is 79.9. The van der Waals surface area contributed by atoms with E-state index < -0.39 is 23.4 Å². The van der Waals surface area contributed by atoms with Gasteiger partial charge in [-0.05, 0) is 46.3 Å². The zero-order chi connectivity index (χ0) is 18.8. The molecule has 0 unspecified atom stereocenters. The Morgan fingerprint density at radius 2 is 1.85 bits per heavy atom. The Kier molecular flexibility index (Phi) is 5.38. The molecule has 0 aliphatic heterocycles. The molecule has 0 bridgehead atoms. The smallest absolute Gasteiger partial charge is 0.313 e. The molecule has 134 valence electrons. The van der Waals surface area contributed by atoms with Gasteiger partial charge in [0.25, 0.3) is 0 Å². The van der Waals surface area contributed by atoms with Crippen molar-refractivity contribution < 1.29 is 23.1 Å². The maximum absolute atomic E-state index is 14.3. The van der Waals surface area contributed by atoms with Crippen LogP contribution in [0.2, 0.25) is 0 Å². The summed E-state index contributed by atoms with van der Waals surface area (Å²) >= 11 is 4.24.